The van der Waals surface area contributed by atoms with Gasteiger partial charge < -0.3 is 24.0 Å². The summed E-state index contributed by atoms with van der Waals surface area (Å²) in [6, 6.07) is 14.9. The second-order valence-corrected chi connectivity index (χ2v) is 8.32. The van der Waals surface area contributed by atoms with E-state index in [1.54, 1.807) is 7.11 Å². The standard InChI is InChI=1S/C24H31N5O/c1-30-22-6-4-5-21(19-22)27-15-17-28(18-16-27)23-8-7-20-9-12-29(24(20)25-23)14-13-26-10-2-3-11-26/h4-9,12,19H,2-3,10-11,13-18H2,1H3. The third kappa shape index (κ3) is 3.97. The summed E-state index contributed by atoms with van der Waals surface area (Å²) in [6.45, 7) is 8.56. The van der Waals surface area contributed by atoms with E-state index in [0.717, 1.165) is 56.5 Å². The van der Waals surface area contributed by atoms with E-state index in [-0.39, 0.29) is 0 Å². The van der Waals surface area contributed by atoms with E-state index in [9.17, 15) is 0 Å². The zero-order valence-electron chi connectivity index (χ0n) is 17.8. The molecule has 3 aromatic rings. The summed E-state index contributed by atoms with van der Waals surface area (Å²) < 4.78 is 7.70. The SMILES string of the molecule is COc1cccc(N2CCN(c3ccc4ccn(CCN5CCCC5)c4n3)CC2)c1. The van der Waals surface area contributed by atoms with Gasteiger partial charge in [0.1, 0.15) is 17.2 Å². The topological polar surface area (TPSA) is 36.8 Å². The Labute approximate surface area is 178 Å². The van der Waals surface area contributed by atoms with Crippen molar-refractivity contribution in [1.29, 1.82) is 0 Å². The molecule has 6 heteroatoms. The van der Waals surface area contributed by atoms with Crippen LogP contribution < -0.4 is 14.5 Å². The molecule has 0 saturated carbocycles. The first-order valence-corrected chi connectivity index (χ1v) is 11.1. The maximum atomic E-state index is 5.38. The minimum Gasteiger partial charge on any atom is -0.497 e. The first kappa shape index (κ1) is 19.2. The molecule has 0 amide bonds. The predicted molar refractivity (Wildman–Crippen MR) is 123 cm³/mol. The molecular formula is C24H31N5O. The first-order valence-electron chi connectivity index (χ1n) is 11.1. The number of benzene rings is 1. The average molecular weight is 406 g/mol. The molecule has 30 heavy (non-hydrogen) atoms. The number of anilines is 2. The van der Waals surface area contributed by atoms with E-state index in [2.05, 4.69) is 61.9 Å². The summed E-state index contributed by atoms with van der Waals surface area (Å²) in [5.74, 6) is 2.01. The molecule has 0 atom stereocenters. The second-order valence-electron chi connectivity index (χ2n) is 8.32. The molecule has 2 aromatic heterocycles. The number of piperazine rings is 1. The number of ether oxygens (including phenoxy) is 1. The number of fused-ring (bicyclic) bond motifs is 1. The van der Waals surface area contributed by atoms with Gasteiger partial charge in [-0.15, -0.1) is 0 Å². The van der Waals surface area contributed by atoms with Gasteiger partial charge >= 0.3 is 0 Å². The van der Waals surface area contributed by atoms with Crippen LogP contribution in [-0.2, 0) is 6.54 Å². The average Bonchev–Trinajstić information content (AvgIpc) is 3.47. The summed E-state index contributed by atoms with van der Waals surface area (Å²) >= 11 is 0. The molecule has 0 bridgehead atoms. The molecular weight excluding hydrogens is 374 g/mol. The van der Waals surface area contributed by atoms with Crippen molar-refractivity contribution in [2.45, 2.75) is 19.4 Å². The molecule has 0 N–H and O–H groups in total. The van der Waals surface area contributed by atoms with Crippen molar-refractivity contribution in [2.75, 3.05) is 62.7 Å². The Kier molecular flexibility index (Phi) is 5.49. The summed E-state index contributed by atoms with van der Waals surface area (Å²) in [6.07, 6.45) is 4.88. The Morgan fingerprint density at radius 1 is 0.867 bits per heavy atom. The number of aromatic nitrogens is 2. The van der Waals surface area contributed by atoms with Crippen LogP contribution in [0.15, 0.2) is 48.7 Å². The lowest BCUT2D eigenvalue weighted by Gasteiger charge is -2.36. The van der Waals surface area contributed by atoms with Crippen LogP contribution in [0.4, 0.5) is 11.5 Å². The lowest BCUT2D eigenvalue weighted by Crippen LogP contribution is -2.46. The Hall–Kier alpha value is -2.73. The molecule has 158 valence electrons. The highest BCUT2D eigenvalue weighted by molar-refractivity contribution is 5.78. The van der Waals surface area contributed by atoms with Gasteiger partial charge in [-0.1, -0.05) is 6.07 Å². The molecule has 0 aliphatic carbocycles. The van der Waals surface area contributed by atoms with Crippen LogP contribution >= 0.6 is 0 Å². The number of nitrogens with zero attached hydrogens (tertiary/aromatic N) is 5. The van der Waals surface area contributed by atoms with Crippen molar-refractivity contribution in [2.24, 2.45) is 0 Å². The van der Waals surface area contributed by atoms with Gasteiger partial charge in [-0.05, 0) is 56.3 Å². The zero-order valence-corrected chi connectivity index (χ0v) is 17.8. The van der Waals surface area contributed by atoms with E-state index < -0.39 is 0 Å². The van der Waals surface area contributed by atoms with Crippen LogP contribution in [0.3, 0.4) is 0 Å². The van der Waals surface area contributed by atoms with Gasteiger partial charge in [-0.3, -0.25) is 0 Å². The van der Waals surface area contributed by atoms with Gasteiger partial charge in [0.05, 0.1) is 7.11 Å². The van der Waals surface area contributed by atoms with Crippen LogP contribution in [0.2, 0.25) is 0 Å². The highest BCUT2D eigenvalue weighted by Gasteiger charge is 2.19. The van der Waals surface area contributed by atoms with Crippen LogP contribution in [-0.4, -0.2) is 67.4 Å². The molecule has 2 aliphatic heterocycles. The second kappa shape index (κ2) is 8.56. The van der Waals surface area contributed by atoms with Crippen molar-refractivity contribution in [1.82, 2.24) is 14.5 Å². The fourth-order valence-electron chi connectivity index (χ4n) is 4.66. The molecule has 5 rings (SSSR count). The normalized spacial score (nSPS) is 17.8. The number of hydrogen-bond acceptors (Lipinski definition) is 5. The zero-order chi connectivity index (χ0) is 20.3. The van der Waals surface area contributed by atoms with E-state index in [1.807, 2.05) is 6.07 Å². The minimum absolute atomic E-state index is 0.914. The van der Waals surface area contributed by atoms with Gasteiger partial charge in [-0.2, -0.15) is 0 Å². The number of likely N-dealkylation sites (tertiary alicyclic amines) is 1. The highest BCUT2D eigenvalue weighted by atomic mass is 16.5. The Bertz CT molecular complexity index is 986. The van der Waals surface area contributed by atoms with Crippen molar-refractivity contribution >= 4 is 22.5 Å². The van der Waals surface area contributed by atoms with E-state index in [0.29, 0.717) is 0 Å². The van der Waals surface area contributed by atoms with Gasteiger partial charge in [0.15, 0.2) is 0 Å². The molecule has 6 nitrogen and oxygen atoms in total. The molecule has 0 radical (unpaired) electrons. The molecule has 2 saturated heterocycles. The third-order valence-corrected chi connectivity index (χ3v) is 6.47. The van der Waals surface area contributed by atoms with Gasteiger partial charge in [0.25, 0.3) is 0 Å². The minimum atomic E-state index is 0.914. The highest BCUT2D eigenvalue weighted by Crippen LogP contribution is 2.25. The third-order valence-electron chi connectivity index (χ3n) is 6.47. The van der Waals surface area contributed by atoms with Crippen molar-refractivity contribution < 1.29 is 4.74 Å². The largest absolute Gasteiger partial charge is 0.497 e. The van der Waals surface area contributed by atoms with Crippen molar-refractivity contribution in [3.63, 3.8) is 0 Å². The van der Waals surface area contributed by atoms with Gasteiger partial charge in [0.2, 0.25) is 0 Å². The molecule has 2 aliphatic rings. The quantitative estimate of drug-likeness (QED) is 0.628. The lowest BCUT2D eigenvalue weighted by molar-refractivity contribution is 0.324. The van der Waals surface area contributed by atoms with Crippen LogP contribution in [0, 0.1) is 0 Å². The summed E-state index contributed by atoms with van der Waals surface area (Å²) in [7, 11) is 1.72. The monoisotopic (exact) mass is 405 g/mol. The fourth-order valence-corrected chi connectivity index (χ4v) is 4.66. The summed E-state index contributed by atoms with van der Waals surface area (Å²) in [5.41, 5.74) is 2.34. The Morgan fingerprint density at radius 3 is 2.47 bits per heavy atom. The number of hydrogen-bond donors (Lipinski definition) is 0. The molecule has 2 fully saturated rings. The number of pyridine rings is 1. The molecule has 0 spiro atoms. The predicted octanol–water partition coefficient (Wildman–Crippen LogP) is 3.47. The number of rotatable bonds is 6. The maximum Gasteiger partial charge on any atom is 0.142 e. The molecule has 1 aromatic carbocycles. The molecule has 4 heterocycles. The Balaban J connectivity index is 1.26. The summed E-state index contributed by atoms with van der Waals surface area (Å²) in [4.78, 5) is 12.5. The van der Waals surface area contributed by atoms with E-state index >= 15 is 0 Å². The van der Waals surface area contributed by atoms with Crippen molar-refractivity contribution in [3.05, 3.63) is 48.7 Å². The van der Waals surface area contributed by atoms with Gasteiger partial charge in [-0.25, -0.2) is 4.98 Å². The van der Waals surface area contributed by atoms with Crippen LogP contribution in [0.1, 0.15) is 12.8 Å². The van der Waals surface area contributed by atoms with Crippen LogP contribution in [0.25, 0.3) is 11.0 Å². The van der Waals surface area contributed by atoms with Gasteiger partial charge in [0, 0.05) is 62.6 Å². The Morgan fingerprint density at radius 2 is 1.67 bits per heavy atom. The molecule has 0 unspecified atom stereocenters. The fraction of sp³-hybridized carbons (Fsp3) is 0.458. The van der Waals surface area contributed by atoms with Crippen LogP contribution in [0.5, 0.6) is 5.75 Å². The first-order chi connectivity index (χ1) is 14.8. The summed E-state index contributed by atoms with van der Waals surface area (Å²) in [5, 5.41) is 1.23. The van der Waals surface area contributed by atoms with E-state index in [1.165, 1.54) is 37.0 Å². The maximum absolute atomic E-state index is 5.38. The van der Waals surface area contributed by atoms with Crippen molar-refractivity contribution in [3.8, 4) is 5.75 Å². The number of methoxy groups -OCH3 is 1. The lowest BCUT2D eigenvalue weighted by atomic mass is 10.2. The smallest absolute Gasteiger partial charge is 0.142 e. The van der Waals surface area contributed by atoms with E-state index in [4.69, 9.17) is 9.72 Å².